The van der Waals surface area contributed by atoms with Crippen LogP contribution in [0.15, 0.2) is 18.2 Å². The zero-order valence-corrected chi connectivity index (χ0v) is 11.5. The molecule has 8 heteroatoms. The highest BCUT2D eigenvalue weighted by molar-refractivity contribution is 5.98. The Kier molecular flexibility index (Phi) is 3.36. The lowest BCUT2D eigenvalue weighted by molar-refractivity contribution is -0.143. The lowest BCUT2D eigenvalue weighted by Crippen LogP contribution is -2.47. The zero-order chi connectivity index (χ0) is 15.7. The van der Waals surface area contributed by atoms with Gasteiger partial charge in [0.1, 0.15) is 5.54 Å². The van der Waals surface area contributed by atoms with Gasteiger partial charge in [-0.1, -0.05) is 0 Å². The number of benzene rings is 1. The maximum Gasteiger partial charge on any atom is 0.329 e. The predicted octanol–water partition coefficient (Wildman–Crippen LogP) is -0.122. The summed E-state index contributed by atoms with van der Waals surface area (Å²) in [7, 11) is 0. The summed E-state index contributed by atoms with van der Waals surface area (Å²) in [5, 5.41) is 13.8. The first-order chi connectivity index (χ1) is 10.5. The van der Waals surface area contributed by atoms with Gasteiger partial charge in [0.25, 0.3) is 5.91 Å². The fraction of sp³-hybridized carbons (Fsp3) is 0.357. The molecule has 0 aromatic heterocycles. The third-order valence-corrected chi connectivity index (χ3v) is 3.58. The summed E-state index contributed by atoms with van der Waals surface area (Å²) in [6.07, 6.45) is 0.814. The number of carbonyl (C=O) groups is 3. The number of carboxylic acid groups (broad SMARTS) is 1. The molecule has 1 aliphatic carbocycles. The molecule has 0 atom stereocenters. The van der Waals surface area contributed by atoms with Gasteiger partial charge < -0.3 is 25.2 Å². The van der Waals surface area contributed by atoms with E-state index in [0.717, 1.165) is 0 Å². The van der Waals surface area contributed by atoms with E-state index in [1.807, 2.05) is 0 Å². The minimum absolute atomic E-state index is 0.111. The van der Waals surface area contributed by atoms with Crippen molar-refractivity contribution in [3.05, 3.63) is 23.8 Å². The first-order valence-electron chi connectivity index (χ1n) is 6.72. The van der Waals surface area contributed by atoms with Gasteiger partial charge in [0.05, 0.1) is 6.54 Å². The third kappa shape index (κ3) is 2.67. The number of rotatable bonds is 5. The van der Waals surface area contributed by atoms with Crippen molar-refractivity contribution in [1.82, 2.24) is 10.6 Å². The van der Waals surface area contributed by atoms with E-state index < -0.39 is 23.3 Å². The van der Waals surface area contributed by atoms with E-state index in [2.05, 4.69) is 10.6 Å². The molecule has 3 rings (SSSR count). The Morgan fingerprint density at radius 2 is 1.91 bits per heavy atom. The van der Waals surface area contributed by atoms with E-state index in [0.29, 0.717) is 29.9 Å². The summed E-state index contributed by atoms with van der Waals surface area (Å²) >= 11 is 0. The minimum Gasteiger partial charge on any atom is -0.480 e. The lowest BCUT2D eigenvalue weighted by Gasteiger charge is -2.12. The average Bonchev–Trinajstić information content (AvgIpc) is 3.12. The lowest BCUT2D eigenvalue weighted by atomic mass is 10.2. The smallest absolute Gasteiger partial charge is 0.329 e. The van der Waals surface area contributed by atoms with E-state index in [1.165, 1.54) is 6.07 Å². The third-order valence-electron chi connectivity index (χ3n) is 3.58. The number of hydrogen-bond donors (Lipinski definition) is 3. The van der Waals surface area contributed by atoms with Gasteiger partial charge in [0.15, 0.2) is 11.5 Å². The van der Waals surface area contributed by atoms with Crippen LogP contribution >= 0.6 is 0 Å². The van der Waals surface area contributed by atoms with Gasteiger partial charge in [-0.2, -0.15) is 0 Å². The zero-order valence-electron chi connectivity index (χ0n) is 11.5. The van der Waals surface area contributed by atoms with Crippen LogP contribution in [-0.4, -0.2) is 41.8 Å². The molecule has 1 fully saturated rings. The van der Waals surface area contributed by atoms with Gasteiger partial charge in [-0.15, -0.1) is 0 Å². The second kappa shape index (κ2) is 5.21. The standard InChI is InChI=1S/C14H14N2O6/c17-11(16-14(3-4-14)13(19)20)6-15-12(18)8-1-2-9-10(5-8)22-7-21-9/h1-2,5H,3-4,6-7H2,(H,15,18)(H,16,17)(H,19,20). The first-order valence-corrected chi connectivity index (χ1v) is 6.72. The Balaban J connectivity index is 1.54. The first kappa shape index (κ1) is 14.2. The Bertz CT molecular complexity index is 653. The molecule has 2 amide bonds. The molecule has 116 valence electrons. The van der Waals surface area contributed by atoms with Crippen molar-refractivity contribution < 1.29 is 29.0 Å². The van der Waals surface area contributed by atoms with Crippen molar-refractivity contribution in [3.63, 3.8) is 0 Å². The van der Waals surface area contributed by atoms with Crippen LogP contribution in [-0.2, 0) is 9.59 Å². The monoisotopic (exact) mass is 306 g/mol. The maximum atomic E-state index is 12.0. The molecule has 3 N–H and O–H groups in total. The fourth-order valence-electron chi connectivity index (χ4n) is 2.13. The van der Waals surface area contributed by atoms with Crippen LogP contribution in [0.1, 0.15) is 23.2 Å². The molecule has 2 aliphatic rings. The van der Waals surface area contributed by atoms with Gasteiger partial charge in [-0.3, -0.25) is 9.59 Å². The molecule has 0 unspecified atom stereocenters. The minimum atomic E-state index is -1.15. The number of hydrogen-bond acceptors (Lipinski definition) is 5. The summed E-state index contributed by atoms with van der Waals surface area (Å²) in [5.74, 6) is -1.00. The van der Waals surface area contributed by atoms with Crippen molar-refractivity contribution in [2.45, 2.75) is 18.4 Å². The average molecular weight is 306 g/mol. The van der Waals surface area contributed by atoms with Gasteiger partial charge in [-0.05, 0) is 31.0 Å². The van der Waals surface area contributed by atoms with Crippen LogP contribution in [0, 0.1) is 0 Å². The van der Waals surface area contributed by atoms with Crippen molar-refractivity contribution in [3.8, 4) is 11.5 Å². The molecule has 0 radical (unpaired) electrons. The molecule has 22 heavy (non-hydrogen) atoms. The van der Waals surface area contributed by atoms with Crippen molar-refractivity contribution in [2.75, 3.05) is 13.3 Å². The predicted molar refractivity (Wildman–Crippen MR) is 72.6 cm³/mol. The van der Waals surface area contributed by atoms with E-state index in [1.54, 1.807) is 12.1 Å². The highest BCUT2D eigenvalue weighted by Gasteiger charge is 2.51. The topological polar surface area (TPSA) is 114 Å². The Morgan fingerprint density at radius 1 is 1.18 bits per heavy atom. The highest BCUT2D eigenvalue weighted by atomic mass is 16.7. The maximum absolute atomic E-state index is 12.0. The summed E-state index contributed by atoms with van der Waals surface area (Å²) in [4.78, 5) is 34.6. The number of nitrogens with one attached hydrogen (secondary N) is 2. The van der Waals surface area contributed by atoms with Crippen LogP contribution in [0.4, 0.5) is 0 Å². The Hall–Kier alpha value is -2.77. The number of carboxylic acids is 1. The van der Waals surface area contributed by atoms with E-state index >= 15 is 0 Å². The molecule has 1 aromatic carbocycles. The van der Waals surface area contributed by atoms with E-state index in [9.17, 15) is 14.4 Å². The second-order valence-corrected chi connectivity index (χ2v) is 5.19. The number of fused-ring (bicyclic) bond motifs is 1. The van der Waals surface area contributed by atoms with E-state index in [-0.39, 0.29) is 13.3 Å². The largest absolute Gasteiger partial charge is 0.480 e. The summed E-state index contributed by atoms with van der Waals surface area (Å²) in [6, 6.07) is 4.69. The normalized spacial score (nSPS) is 16.7. The fourth-order valence-corrected chi connectivity index (χ4v) is 2.13. The van der Waals surface area contributed by atoms with Crippen LogP contribution in [0.3, 0.4) is 0 Å². The number of carbonyl (C=O) groups excluding carboxylic acids is 2. The van der Waals surface area contributed by atoms with Crippen molar-refractivity contribution >= 4 is 17.8 Å². The highest BCUT2D eigenvalue weighted by Crippen LogP contribution is 2.35. The van der Waals surface area contributed by atoms with Crippen molar-refractivity contribution in [1.29, 1.82) is 0 Å². The van der Waals surface area contributed by atoms with Gasteiger partial charge in [0, 0.05) is 5.56 Å². The molecule has 0 bridgehead atoms. The van der Waals surface area contributed by atoms with Crippen LogP contribution in [0.25, 0.3) is 0 Å². The summed E-state index contributed by atoms with van der Waals surface area (Å²) < 4.78 is 10.3. The molecular weight excluding hydrogens is 292 g/mol. The van der Waals surface area contributed by atoms with Crippen LogP contribution in [0.5, 0.6) is 11.5 Å². The van der Waals surface area contributed by atoms with Crippen molar-refractivity contribution in [2.24, 2.45) is 0 Å². The molecule has 1 aromatic rings. The quantitative estimate of drug-likeness (QED) is 0.699. The molecular formula is C14H14N2O6. The van der Waals surface area contributed by atoms with Gasteiger partial charge >= 0.3 is 5.97 Å². The SMILES string of the molecule is O=C(CNC(=O)c1ccc2c(c1)OCO2)NC1(C(=O)O)CC1. The summed E-state index contributed by atoms with van der Waals surface area (Å²) in [5.41, 5.74) is -0.822. The molecule has 0 saturated heterocycles. The van der Waals surface area contributed by atoms with Crippen LogP contribution in [0.2, 0.25) is 0 Å². The molecule has 0 spiro atoms. The Labute approximate surface area is 125 Å². The second-order valence-electron chi connectivity index (χ2n) is 5.19. The Morgan fingerprint density at radius 3 is 2.59 bits per heavy atom. The summed E-state index contributed by atoms with van der Waals surface area (Å²) in [6.45, 7) is -0.178. The van der Waals surface area contributed by atoms with Gasteiger partial charge in [0.2, 0.25) is 12.7 Å². The number of amides is 2. The molecule has 1 saturated carbocycles. The molecule has 1 aliphatic heterocycles. The molecule has 8 nitrogen and oxygen atoms in total. The number of ether oxygens (including phenoxy) is 2. The molecule has 1 heterocycles. The number of aliphatic carboxylic acids is 1. The van der Waals surface area contributed by atoms with Gasteiger partial charge in [-0.25, -0.2) is 4.79 Å². The van der Waals surface area contributed by atoms with E-state index in [4.69, 9.17) is 14.6 Å². The van der Waals surface area contributed by atoms with Crippen LogP contribution < -0.4 is 20.1 Å².